The Labute approximate surface area is 136 Å². The molecule has 1 saturated heterocycles. The summed E-state index contributed by atoms with van der Waals surface area (Å²) in [6, 6.07) is 2.11. The second kappa shape index (κ2) is 6.81. The Bertz CT molecular complexity index is 694. The van der Waals surface area contributed by atoms with Crippen LogP contribution in [0.5, 0.6) is 0 Å². The first-order chi connectivity index (χ1) is 11.1. The summed E-state index contributed by atoms with van der Waals surface area (Å²) in [7, 11) is -3.35. The van der Waals surface area contributed by atoms with E-state index in [-0.39, 0.29) is 11.7 Å². The van der Waals surface area contributed by atoms with Gasteiger partial charge in [-0.2, -0.15) is 5.26 Å². The van der Waals surface area contributed by atoms with Crippen LogP contribution in [-0.2, 0) is 10.0 Å². The van der Waals surface area contributed by atoms with Crippen molar-refractivity contribution in [3.63, 3.8) is 0 Å². The maximum absolute atomic E-state index is 12.6. The molecule has 1 saturated carbocycles. The van der Waals surface area contributed by atoms with Crippen molar-refractivity contribution in [2.45, 2.75) is 49.8 Å². The zero-order valence-electron chi connectivity index (χ0n) is 13.0. The third-order valence-electron chi connectivity index (χ3n) is 4.59. The maximum Gasteiger partial charge on any atom is 0.216 e. The molecule has 1 atom stereocenters. The van der Waals surface area contributed by atoms with Crippen molar-refractivity contribution in [1.29, 1.82) is 5.26 Å². The number of aromatic nitrogens is 2. The molecule has 0 aromatic carbocycles. The van der Waals surface area contributed by atoms with Gasteiger partial charge in [0, 0.05) is 31.5 Å². The number of piperidine rings is 1. The van der Waals surface area contributed by atoms with Gasteiger partial charge in [0.1, 0.15) is 6.07 Å². The number of hydrogen-bond acceptors (Lipinski definition) is 6. The van der Waals surface area contributed by atoms with Gasteiger partial charge < -0.3 is 4.90 Å². The number of sulfonamides is 1. The molecule has 0 radical (unpaired) electrons. The Morgan fingerprint density at radius 1 is 1.17 bits per heavy atom. The van der Waals surface area contributed by atoms with Crippen LogP contribution in [0.1, 0.15) is 44.2 Å². The van der Waals surface area contributed by atoms with Crippen LogP contribution < -0.4 is 9.62 Å². The number of nitrogens with one attached hydrogen (secondary N) is 1. The van der Waals surface area contributed by atoms with Crippen LogP contribution in [-0.4, -0.2) is 42.8 Å². The average molecular weight is 335 g/mol. The van der Waals surface area contributed by atoms with Crippen molar-refractivity contribution in [2.24, 2.45) is 0 Å². The molecular weight excluding hydrogens is 314 g/mol. The standard InChI is InChI=1S/C15H21N5O2S/c16-10-14-15(18-8-7-17-14)20-9-3-6-13(11-20)23(21,22)19-12-4-1-2-5-12/h7-8,12-13,19H,1-6,9,11H2. The van der Waals surface area contributed by atoms with Crippen molar-refractivity contribution in [1.82, 2.24) is 14.7 Å². The summed E-state index contributed by atoms with van der Waals surface area (Å²) in [6.45, 7) is 1.05. The molecule has 2 heterocycles. The van der Waals surface area contributed by atoms with Gasteiger partial charge in [-0.05, 0) is 25.7 Å². The van der Waals surface area contributed by atoms with E-state index in [1.165, 1.54) is 12.4 Å². The van der Waals surface area contributed by atoms with Crippen LogP contribution in [0, 0.1) is 11.3 Å². The van der Waals surface area contributed by atoms with Crippen LogP contribution in [0.25, 0.3) is 0 Å². The molecule has 7 nitrogen and oxygen atoms in total. The predicted octanol–water partition coefficient (Wildman–Crippen LogP) is 1.18. The number of rotatable bonds is 4. The Hall–Kier alpha value is -1.72. The lowest BCUT2D eigenvalue weighted by molar-refractivity contribution is 0.504. The lowest BCUT2D eigenvalue weighted by atomic mass is 10.1. The van der Waals surface area contributed by atoms with Crippen LogP contribution in [0.4, 0.5) is 5.82 Å². The van der Waals surface area contributed by atoms with Gasteiger partial charge in [-0.15, -0.1) is 0 Å². The van der Waals surface area contributed by atoms with Crippen molar-refractivity contribution in [3.05, 3.63) is 18.1 Å². The molecule has 1 aliphatic carbocycles. The van der Waals surface area contributed by atoms with Crippen LogP contribution in [0.15, 0.2) is 12.4 Å². The van der Waals surface area contributed by atoms with Gasteiger partial charge in [-0.3, -0.25) is 0 Å². The van der Waals surface area contributed by atoms with Crippen molar-refractivity contribution >= 4 is 15.8 Å². The van der Waals surface area contributed by atoms with E-state index in [9.17, 15) is 8.42 Å². The molecule has 0 amide bonds. The Morgan fingerprint density at radius 3 is 2.65 bits per heavy atom. The minimum Gasteiger partial charge on any atom is -0.353 e. The molecular formula is C15H21N5O2S. The van der Waals surface area contributed by atoms with Gasteiger partial charge in [-0.1, -0.05) is 12.8 Å². The lowest BCUT2D eigenvalue weighted by Crippen LogP contribution is -2.48. The number of nitrogens with zero attached hydrogens (tertiary/aromatic N) is 4. The molecule has 1 aliphatic heterocycles. The van der Waals surface area contributed by atoms with E-state index in [1.54, 1.807) is 0 Å². The third kappa shape index (κ3) is 3.62. The molecule has 1 N–H and O–H groups in total. The SMILES string of the molecule is N#Cc1nccnc1N1CCCC(S(=O)(=O)NC2CCCC2)C1. The minimum atomic E-state index is -3.35. The molecule has 2 aliphatic rings. The highest BCUT2D eigenvalue weighted by molar-refractivity contribution is 7.90. The first kappa shape index (κ1) is 16.1. The van der Waals surface area contributed by atoms with Crippen LogP contribution in [0.2, 0.25) is 0 Å². The average Bonchev–Trinajstić information content (AvgIpc) is 3.07. The van der Waals surface area contributed by atoms with Gasteiger partial charge in [-0.25, -0.2) is 23.1 Å². The Morgan fingerprint density at radius 2 is 1.91 bits per heavy atom. The van der Waals surface area contributed by atoms with E-state index >= 15 is 0 Å². The zero-order chi connectivity index (χ0) is 16.3. The van der Waals surface area contributed by atoms with Gasteiger partial charge in [0.15, 0.2) is 11.5 Å². The fourth-order valence-electron chi connectivity index (χ4n) is 3.40. The summed E-state index contributed by atoms with van der Waals surface area (Å²) >= 11 is 0. The van der Waals surface area contributed by atoms with Gasteiger partial charge >= 0.3 is 0 Å². The highest BCUT2D eigenvalue weighted by Crippen LogP contribution is 2.25. The zero-order valence-corrected chi connectivity index (χ0v) is 13.8. The highest BCUT2D eigenvalue weighted by Gasteiger charge is 2.34. The Balaban J connectivity index is 1.74. The highest BCUT2D eigenvalue weighted by atomic mass is 32.2. The summed E-state index contributed by atoms with van der Waals surface area (Å²) in [4.78, 5) is 10.1. The molecule has 23 heavy (non-hydrogen) atoms. The quantitative estimate of drug-likeness (QED) is 0.887. The second-order valence-electron chi connectivity index (χ2n) is 6.19. The smallest absolute Gasteiger partial charge is 0.216 e. The van der Waals surface area contributed by atoms with E-state index in [1.807, 2.05) is 11.0 Å². The van der Waals surface area contributed by atoms with Crippen LogP contribution >= 0.6 is 0 Å². The predicted molar refractivity (Wildman–Crippen MR) is 86.3 cm³/mol. The van der Waals surface area contributed by atoms with E-state index in [0.717, 1.165) is 32.1 Å². The van der Waals surface area contributed by atoms with Crippen LogP contribution in [0.3, 0.4) is 0 Å². The second-order valence-corrected chi connectivity index (χ2v) is 8.19. The van der Waals surface area contributed by atoms with E-state index < -0.39 is 15.3 Å². The number of nitriles is 1. The van der Waals surface area contributed by atoms with Crippen molar-refractivity contribution in [3.8, 4) is 6.07 Å². The lowest BCUT2D eigenvalue weighted by Gasteiger charge is -2.33. The summed E-state index contributed by atoms with van der Waals surface area (Å²) in [5.41, 5.74) is 0.245. The molecule has 2 fully saturated rings. The number of anilines is 1. The molecule has 8 heteroatoms. The van der Waals surface area contributed by atoms with Gasteiger partial charge in [0.25, 0.3) is 0 Å². The monoisotopic (exact) mass is 335 g/mol. The summed E-state index contributed by atoms with van der Waals surface area (Å²) < 4.78 is 28.1. The molecule has 0 bridgehead atoms. The van der Waals surface area contributed by atoms with Crippen molar-refractivity contribution < 1.29 is 8.42 Å². The minimum absolute atomic E-state index is 0.0848. The van der Waals surface area contributed by atoms with Crippen molar-refractivity contribution in [2.75, 3.05) is 18.0 Å². The molecule has 1 aromatic heterocycles. The van der Waals surface area contributed by atoms with E-state index in [0.29, 0.717) is 25.3 Å². The first-order valence-corrected chi connectivity index (χ1v) is 9.62. The molecule has 3 rings (SSSR count). The molecule has 1 aromatic rings. The van der Waals surface area contributed by atoms with E-state index in [4.69, 9.17) is 5.26 Å². The largest absolute Gasteiger partial charge is 0.353 e. The summed E-state index contributed by atoms with van der Waals surface area (Å²) in [5.74, 6) is 0.482. The molecule has 1 unspecified atom stereocenters. The summed E-state index contributed by atoms with van der Waals surface area (Å²) in [5, 5.41) is 8.69. The molecule has 124 valence electrons. The van der Waals surface area contributed by atoms with Gasteiger partial charge in [0.2, 0.25) is 10.0 Å². The molecule has 0 spiro atoms. The first-order valence-electron chi connectivity index (χ1n) is 8.07. The number of hydrogen-bond donors (Lipinski definition) is 1. The topological polar surface area (TPSA) is 99.0 Å². The fourth-order valence-corrected chi connectivity index (χ4v) is 5.14. The maximum atomic E-state index is 12.6. The third-order valence-corrected chi connectivity index (χ3v) is 6.51. The fraction of sp³-hybridized carbons (Fsp3) is 0.667. The summed E-state index contributed by atoms with van der Waals surface area (Å²) in [6.07, 6.45) is 8.45. The van der Waals surface area contributed by atoms with Gasteiger partial charge in [0.05, 0.1) is 5.25 Å². The Kier molecular flexibility index (Phi) is 4.78. The normalized spacial score (nSPS) is 22.9. The van der Waals surface area contributed by atoms with E-state index in [2.05, 4.69) is 14.7 Å².